The number of halogens is 3. The van der Waals surface area contributed by atoms with E-state index in [2.05, 4.69) is 20.0 Å². The Bertz CT molecular complexity index is 1390. The van der Waals surface area contributed by atoms with Crippen molar-refractivity contribution in [1.29, 1.82) is 0 Å². The summed E-state index contributed by atoms with van der Waals surface area (Å²) in [6.45, 7) is -0.314. The van der Waals surface area contributed by atoms with Gasteiger partial charge in [-0.15, -0.1) is 0 Å². The highest BCUT2D eigenvalue weighted by molar-refractivity contribution is 5.92. The van der Waals surface area contributed by atoms with Crippen LogP contribution in [-0.2, 0) is 6.54 Å². The highest BCUT2D eigenvalue weighted by Crippen LogP contribution is 2.31. The predicted molar refractivity (Wildman–Crippen MR) is 123 cm³/mol. The Morgan fingerprint density at radius 2 is 1.94 bits per heavy atom. The van der Waals surface area contributed by atoms with E-state index in [0.29, 0.717) is 41.4 Å². The van der Waals surface area contributed by atoms with Gasteiger partial charge in [-0.05, 0) is 31.2 Å². The Kier molecular flexibility index (Phi) is 6.76. The number of ether oxygens (including phenoxy) is 2. The van der Waals surface area contributed by atoms with Crippen molar-refractivity contribution in [3.8, 4) is 22.8 Å². The summed E-state index contributed by atoms with van der Waals surface area (Å²) in [5, 5.41) is 13.2. The number of fused-ring (bicyclic) bond motifs is 1. The number of nitrogens with one attached hydrogen (secondary N) is 1. The van der Waals surface area contributed by atoms with E-state index in [1.54, 1.807) is 6.07 Å². The second-order valence-electron chi connectivity index (χ2n) is 7.59. The summed E-state index contributed by atoms with van der Waals surface area (Å²) in [7, 11) is 1.49. The number of hydrogen-bond acceptors (Lipinski definition) is 6. The number of carboxylic acid groups (broad SMARTS) is 1. The zero-order valence-corrected chi connectivity index (χ0v) is 18.8. The van der Waals surface area contributed by atoms with Gasteiger partial charge in [0, 0.05) is 41.9 Å². The summed E-state index contributed by atoms with van der Waals surface area (Å²) in [5.41, 5.74) is 2.01. The van der Waals surface area contributed by atoms with Crippen molar-refractivity contribution in [3.63, 3.8) is 0 Å². The van der Waals surface area contributed by atoms with Gasteiger partial charge in [0.25, 0.3) is 0 Å². The molecule has 0 bridgehead atoms. The molecule has 2 N–H and O–H groups in total. The van der Waals surface area contributed by atoms with Crippen LogP contribution in [0.2, 0.25) is 0 Å². The molecule has 0 aliphatic heterocycles. The first-order valence-electron chi connectivity index (χ1n) is 10.5. The highest BCUT2D eigenvalue weighted by atomic mass is 19.3. The van der Waals surface area contributed by atoms with Gasteiger partial charge in [-0.25, -0.2) is 19.2 Å². The molecule has 0 aliphatic rings. The molecule has 0 spiro atoms. The molecule has 0 atom stereocenters. The van der Waals surface area contributed by atoms with Crippen LogP contribution >= 0.6 is 0 Å². The van der Waals surface area contributed by atoms with Crippen molar-refractivity contribution in [1.82, 2.24) is 14.5 Å². The van der Waals surface area contributed by atoms with E-state index in [1.165, 1.54) is 43.8 Å². The van der Waals surface area contributed by atoms with Gasteiger partial charge in [0.2, 0.25) is 0 Å². The molecule has 182 valence electrons. The Morgan fingerprint density at radius 3 is 2.66 bits per heavy atom. The van der Waals surface area contributed by atoms with Crippen LogP contribution in [0.25, 0.3) is 22.2 Å². The third-order valence-corrected chi connectivity index (χ3v) is 5.41. The number of rotatable bonds is 9. The minimum Gasteiger partial charge on any atom is -0.496 e. The molecule has 0 aliphatic carbocycles. The number of anilines is 1. The molecule has 0 radical (unpaired) electrons. The average molecular weight is 486 g/mol. The number of alkyl halides is 2. The van der Waals surface area contributed by atoms with Gasteiger partial charge in [0.1, 0.15) is 35.0 Å². The molecule has 0 saturated carbocycles. The maximum atomic E-state index is 14.0. The monoisotopic (exact) mass is 486 g/mol. The number of methoxy groups -OCH3 is 1. The topological polar surface area (TPSA) is 98.5 Å². The number of aromatic carboxylic acids is 1. The van der Waals surface area contributed by atoms with Crippen molar-refractivity contribution in [2.45, 2.75) is 20.1 Å². The fourth-order valence-electron chi connectivity index (χ4n) is 3.85. The van der Waals surface area contributed by atoms with Crippen molar-refractivity contribution in [2.75, 3.05) is 19.0 Å². The largest absolute Gasteiger partial charge is 0.496 e. The van der Waals surface area contributed by atoms with Gasteiger partial charge >= 0.3 is 12.6 Å². The second kappa shape index (κ2) is 9.92. The average Bonchev–Trinajstić information content (AvgIpc) is 3.13. The van der Waals surface area contributed by atoms with Gasteiger partial charge in [0.15, 0.2) is 0 Å². The lowest BCUT2D eigenvalue weighted by Gasteiger charge is -2.12. The molecule has 8 nitrogen and oxygen atoms in total. The Labute approximate surface area is 198 Å². The normalized spacial score (nSPS) is 11.1. The first-order chi connectivity index (χ1) is 16.8. The number of carbonyl (C=O) groups is 1. The van der Waals surface area contributed by atoms with Crippen molar-refractivity contribution in [3.05, 3.63) is 65.9 Å². The van der Waals surface area contributed by atoms with Gasteiger partial charge in [0.05, 0.1) is 18.3 Å². The van der Waals surface area contributed by atoms with E-state index in [9.17, 15) is 23.1 Å². The molecule has 2 aromatic carbocycles. The quantitative estimate of drug-likeness (QED) is 0.345. The summed E-state index contributed by atoms with van der Waals surface area (Å²) in [4.78, 5) is 19.6. The van der Waals surface area contributed by atoms with E-state index in [-0.39, 0.29) is 5.56 Å². The third kappa shape index (κ3) is 5.13. The van der Waals surface area contributed by atoms with Crippen molar-refractivity contribution >= 4 is 22.7 Å². The summed E-state index contributed by atoms with van der Waals surface area (Å²) < 4.78 is 51.1. The predicted octanol–water partition coefficient (Wildman–Crippen LogP) is 4.97. The van der Waals surface area contributed by atoms with E-state index in [0.717, 1.165) is 11.1 Å². The van der Waals surface area contributed by atoms with Crippen molar-refractivity contribution in [2.24, 2.45) is 0 Å². The van der Waals surface area contributed by atoms with E-state index in [1.807, 2.05) is 17.6 Å². The van der Waals surface area contributed by atoms with Crippen LogP contribution in [0, 0.1) is 12.7 Å². The number of aryl methyl sites for hydroxylation is 1. The molecule has 11 heteroatoms. The number of carboxylic acids is 1. The molecule has 4 aromatic rings. The number of benzene rings is 2. The molecule has 0 unspecified atom stereocenters. The molecule has 2 aromatic heterocycles. The zero-order valence-electron chi connectivity index (χ0n) is 18.8. The Balaban J connectivity index is 1.53. The lowest BCUT2D eigenvalue weighted by atomic mass is 10.1. The van der Waals surface area contributed by atoms with Crippen LogP contribution in [0.1, 0.15) is 16.1 Å². The minimum absolute atomic E-state index is 0.380. The third-order valence-electron chi connectivity index (χ3n) is 5.41. The first-order valence-corrected chi connectivity index (χ1v) is 10.5. The van der Waals surface area contributed by atoms with Crippen LogP contribution in [-0.4, -0.2) is 45.9 Å². The fraction of sp³-hybridized carbons (Fsp3) is 0.208. The summed E-state index contributed by atoms with van der Waals surface area (Å²) in [5.74, 6) is -1.32. The number of nitrogens with zero attached hydrogens (tertiary/aromatic N) is 3. The first kappa shape index (κ1) is 23.9. The SMILES string of the molecule is COc1cc(F)cc2c1cc(C)n2CCNc1cc(-c2ccc(C(=O)O)c(OC(F)F)c2)ncn1. The minimum atomic E-state index is -3.17. The highest BCUT2D eigenvalue weighted by Gasteiger charge is 2.17. The van der Waals surface area contributed by atoms with Gasteiger partial charge in [-0.1, -0.05) is 6.07 Å². The standard InChI is InChI=1S/C24H21F3N4O4/c1-13-7-17-19(9-15(25)10-20(17)34-2)31(13)6-5-28-22-11-18(29-12-30-22)14-3-4-16(23(32)33)21(8-14)35-24(26)27/h3-4,7-12,24H,5-6H2,1-2H3,(H,32,33)(H,28,29,30). The molecular weight excluding hydrogens is 465 g/mol. The fourth-order valence-corrected chi connectivity index (χ4v) is 3.85. The second-order valence-corrected chi connectivity index (χ2v) is 7.59. The molecule has 4 rings (SSSR count). The molecule has 0 fully saturated rings. The smallest absolute Gasteiger partial charge is 0.387 e. The Morgan fingerprint density at radius 1 is 1.14 bits per heavy atom. The summed E-state index contributed by atoms with van der Waals surface area (Å²) in [6.07, 6.45) is 1.30. The van der Waals surface area contributed by atoms with Crippen LogP contribution in [0.3, 0.4) is 0 Å². The molecular formula is C24H21F3N4O4. The number of aromatic nitrogens is 3. The lowest BCUT2D eigenvalue weighted by molar-refractivity contribution is -0.0503. The van der Waals surface area contributed by atoms with Crippen LogP contribution in [0.15, 0.2) is 48.8 Å². The molecule has 0 amide bonds. The van der Waals surface area contributed by atoms with E-state index in [4.69, 9.17) is 4.74 Å². The zero-order chi connectivity index (χ0) is 25.1. The van der Waals surface area contributed by atoms with Gasteiger partial charge < -0.3 is 24.5 Å². The molecule has 2 heterocycles. The van der Waals surface area contributed by atoms with Crippen LogP contribution < -0.4 is 14.8 Å². The summed E-state index contributed by atoms with van der Waals surface area (Å²) in [6, 6.07) is 10.1. The lowest BCUT2D eigenvalue weighted by Crippen LogP contribution is -2.12. The Hall–Kier alpha value is -4.28. The van der Waals surface area contributed by atoms with E-state index < -0.39 is 24.1 Å². The molecule has 0 saturated heterocycles. The van der Waals surface area contributed by atoms with Crippen LogP contribution in [0.4, 0.5) is 19.0 Å². The van der Waals surface area contributed by atoms with Gasteiger partial charge in [-0.3, -0.25) is 0 Å². The molecule has 35 heavy (non-hydrogen) atoms. The van der Waals surface area contributed by atoms with Gasteiger partial charge in [-0.2, -0.15) is 8.78 Å². The maximum absolute atomic E-state index is 14.0. The summed E-state index contributed by atoms with van der Waals surface area (Å²) >= 11 is 0. The maximum Gasteiger partial charge on any atom is 0.387 e. The number of hydrogen-bond donors (Lipinski definition) is 2. The van der Waals surface area contributed by atoms with E-state index >= 15 is 0 Å². The van der Waals surface area contributed by atoms with Crippen molar-refractivity contribution < 1.29 is 32.5 Å². The van der Waals surface area contributed by atoms with Crippen LogP contribution in [0.5, 0.6) is 11.5 Å².